The van der Waals surface area contributed by atoms with Gasteiger partial charge in [0.1, 0.15) is 11.5 Å². The van der Waals surface area contributed by atoms with Crippen molar-refractivity contribution in [2.24, 2.45) is 0 Å². The SMILES string of the molecule is CN(Cc1ccccc1)c1cccc(C(=O)NC2CCN(C#N)C2)n1. The Balaban J connectivity index is 1.64. The van der Waals surface area contributed by atoms with Gasteiger partial charge in [-0.05, 0) is 24.1 Å². The molecule has 1 aliphatic heterocycles. The summed E-state index contributed by atoms with van der Waals surface area (Å²) in [5.74, 6) is 0.557. The van der Waals surface area contributed by atoms with E-state index in [1.807, 2.05) is 42.3 Å². The summed E-state index contributed by atoms with van der Waals surface area (Å²) in [4.78, 5) is 20.6. The molecule has 1 aromatic carbocycles. The topological polar surface area (TPSA) is 72.3 Å². The normalized spacial score (nSPS) is 16.3. The molecule has 128 valence electrons. The molecule has 6 heteroatoms. The fourth-order valence-electron chi connectivity index (χ4n) is 2.93. The Morgan fingerprint density at radius 1 is 1.32 bits per heavy atom. The van der Waals surface area contributed by atoms with Crippen molar-refractivity contribution >= 4 is 11.7 Å². The van der Waals surface area contributed by atoms with E-state index in [-0.39, 0.29) is 11.9 Å². The summed E-state index contributed by atoms with van der Waals surface area (Å²) in [6.07, 6.45) is 2.90. The van der Waals surface area contributed by atoms with Crippen LogP contribution in [0.15, 0.2) is 48.5 Å². The first-order valence-corrected chi connectivity index (χ1v) is 8.33. The second-order valence-electron chi connectivity index (χ2n) is 6.23. The number of carbonyl (C=O) groups is 1. The van der Waals surface area contributed by atoms with Crippen LogP contribution < -0.4 is 10.2 Å². The van der Waals surface area contributed by atoms with Crippen molar-refractivity contribution in [1.29, 1.82) is 5.26 Å². The number of amides is 1. The quantitative estimate of drug-likeness (QED) is 0.846. The molecule has 1 amide bonds. The highest BCUT2D eigenvalue weighted by atomic mass is 16.2. The van der Waals surface area contributed by atoms with E-state index in [4.69, 9.17) is 5.26 Å². The summed E-state index contributed by atoms with van der Waals surface area (Å²) >= 11 is 0. The lowest BCUT2D eigenvalue weighted by Crippen LogP contribution is -2.37. The number of nitriles is 1. The number of pyridine rings is 1. The maximum absolute atomic E-state index is 12.4. The summed E-state index contributed by atoms with van der Waals surface area (Å²) < 4.78 is 0. The Morgan fingerprint density at radius 3 is 2.84 bits per heavy atom. The molecule has 2 heterocycles. The average Bonchev–Trinajstić information content (AvgIpc) is 3.10. The highest BCUT2D eigenvalue weighted by Crippen LogP contribution is 2.14. The molecule has 6 nitrogen and oxygen atoms in total. The van der Waals surface area contributed by atoms with Crippen LogP contribution >= 0.6 is 0 Å². The number of carbonyl (C=O) groups excluding carboxylic acids is 1. The largest absolute Gasteiger partial charge is 0.355 e. The van der Waals surface area contributed by atoms with Crippen LogP contribution in [0.2, 0.25) is 0 Å². The molecule has 0 aliphatic carbocycles. The van der Waals surface area contributed by atoms with Gasteiger partial charge in [-0.2, -0.15) is 5.26 Å². The van der Waals surface area contributed by atoms with E-state index in [2.05, 4.69) is 28.6 Å². The summed E-state index contributed by atoms with van der Waals surface area (Å²) in [5.41, 5.74) is 1.58. The van der Waals surface area contributed by atoms with E-state index in [9.17, 15) is 4.79 Å². The fraction of sp³-hybridized carbons (Fsp3) is 0.316. The lowest BCUT2D eigenvalue weighted by Gasteiger charge is -2.19. The first-order valence-electron chi connectivity index (χ1n) is 8.33. The molecular formula is C19H21N5O. The van der Waals surface area contributed by atoms with Gasteiger partial charge in [-0.15, -0.1) is 0 Å². The van der Waals surface area contributed by atoms with Gasteiger partial charge in [-0.1, -0.05) is 36.4 Å². The molecule has 1 unspecified atom stereocenters. The zero-order chi connectivity index (χ0) is 17.6. The minimum Gasteiger partial charge on any atom is -0.355 e. The van der Waals surface area contributed by atoms with Crippen molar-refractivity contribution in [2.45, 2.75) is 19.0 Å². The Labute approximate surface area is 147 Å². The van der Waals surface area contributed by atoms with E-state index in [0.717, 1.165) is 18.8 Å². The highest BCUT2D eigenvalue weighted by molar-refractivity contribution is 5.92. The van der Waals surface area contributed by atoms with Gasteiger partial charge in [-0.3, -0.25) is 4.79 Å². The molecule has 1 aliphatic rings. The molecule has 0 saturated carbocycles. The number of nitrogens with one attached hydrogen (secondary N) is 1. The van der Waals surface area contributed by atoms with Gasteiger partial charge < -0.3 is 15.1 Å². The Hall–Kier alpha value is -3.07. The molecule has 1 fully saturated rings. The minimum absolute atomic E-state index is 0.000320. The van der Waals surface area contributed by atoms with Gasteiger partial charge in [0.05, 0.1) is 0 Å². The van der Waals surface area contributed by atoms with Crippen LogP contribution in [-0.4, -0.2) is 42.0 Å². The van der Waals surface area contributed by atoms with Crippen molar-refractivity contribution in [3.05, 3.63) is 59.8 Å². The van der Waals surface area contributed by atoms with Gasteiger partial charge >= 0.3 is 0 Å². The summed E-state index contributed by atoms with van der Waals surface area (Å²) in [7, 11) is 1.96. The highest BCUT2D eigenvalue weighted by Gasteiger charge is 2.23. The van der Waals surface area contributed by atoms with Gasteiger partial charge in [0.2, 0.25) is 0 Å². The lowest BCUT2D eigenvalue weighted by molar-refractivity contribution is 0.0934. The van der Waals surface area contributed by atoms with E-state index in [0.29, 0.717) is 18.8 Å². The smallest absolute Gasteiger partial charge is 0.270 e. The summed E-state index contributed by atoms with van der Waals surface area (Å²) in [6, 6.07) is 15.6. The van der Waals surface area contributed by atoms with Crippen LogP contribution in [0, 0.1) is 11.5 Å². The number of aromatic nitrogens is 1. The molecule has 1 aromatic heterocycles. The first-order chi connectivity index (χ1) is 12.2. The van der Waals surface area contributed by atoms with Crippen LogP contribution in [0.25, 0.3) is 0 Å². The summed E-state index contributed by atoms with van der Waals surface area (Å²) in [5, 5.41) is 11.9. The van der Waals surface area contributed by atoms with Crippen LogP contribution in [0.3, 0.4) is 0 Å². The number of benzene rings is 1. The van der Waals surface area contributed by atoms with E-state index in [1.165, 1.54) is 5.56 Å². The van der Waals surface area contributed by atoms with Crippen molar-refractivity contribution in [2.75, 3.05) is 25.0 Å². The second kappa shape index (κ2) is 7.67. The molecule has 0 spiro atoms. The Kier molecular flexibility index (Phi) is 5.14. The van der Waals surface area contributed by atoms with Crippen molar-refractivity contribution in [3.8, 4) is 6.19 Å². The molecule has 3 rings (SSSR count). The number of anilines is 1. The minimum atomic E-state index is -0.195. The number of hydrogen-bond donors (Lipinski definition) is 1. The van der Waals surface area contributed by atoms with Gasteiger partial charge in [0.15, 0.2) is 6.19 Å². The number of likely N-dealkylation sites (tertiary alicyclic amines) is 1. The molecule has 0 radical (unpaired) electrons. The monoisotopic (exact) mass is 335 g/mol. The third-order valence-corrected chi connectivity index (χ3v) is 4.29. The molecule has 1 saturated heterocycles. The zero-order valence-corrected chi connectivity index (χ0v) is 14.2. The predicted molar refractivity (Wildman–Crippen MR) is 95.8 cm³/mol. The Bertz CT molecular complexity index is 771. The molecule has 0 bridgehead atoms. The molecule has 2 aromatic rings. The molecular weight excluding hydrogens is 314 g/mol. The fourth-order valence-corrected chi connectivity index (χ4v) is 2.93. The van der Waals surface area contributed by atoms with E-state index < -0.39 is 0 Å². The Morgan fingerprint density at radius 2 is 2.12 bits per heavy atom. The maximum atomic E-state index is 12.4. The maximum Gasteiger partial charge on any atom is 0.270 e. The third-order valence-electron chi connectivity index (χ3n) is 4.29. The number of nitrogens with zero attached hydrogens (tertiary/aromatic N) is 4. The standard InChI is InChI=1S/C19H21N5O/c1-23(12-15-6-3-2-4-7-15)18-9-5-8-17(22-18)19(25)21-16-10-11-24(13-16)14-20/h2-9,16H,10-13H2,1H3,(H,21,25). The van der Waals surface area contributed by atoms with E-state index in [1.54, 1.807) is 11.0 Å². The predicted octanol–water partition coefficient (Wildman–Crippen LogP) is 2.00. The molecule has 1 N–H and O–H groups in total. The lowest BCUT2D eigenvalue weighted by atomic mass is 10.2. The summed E-state index contributed by atoms with van der Waals surface area (Å²) in [6.45, 7) is 1.98. The molecule has 1 atom stereocenters. The van der Waals surface area contributed by atoms with Gasteiger partial charge in [-0.25, -0.2) is 4.98 Å². The van der Waals surface area contributed by atoms with E-state index >= 15 is 0 Å². The van der Waals surface area contributed by atoms with Crippen LogP contribution in [0.1, 0.15) is 22.5 Å². The average molecular weight is 335 g/mol. The zero-order valence-electron chi connectivity index (χ0n) is 14.2. The second-order valence-corrected chi connectivity index (χ2v) is 6.23. The van der Waals surface area contributed by atoms with Gasteiger partial charge in [0, 0.05) is 32.7 Å². The third kappa shape index (κ3) is 4.27. The van der Waals surface area contributed by atoms with Crippen LogP contribution in [-0.2, 0) is 6.54 Å². The number of rotatable bonds is 5. The van der Waals surface area contributed by atoms with Crippen LogP contribution in [0.5, 0.6) is 0 Å². The first kappa shape index (κ1) is 16.8. The molecule has 25 heavy (non-hydrogen) atoms. The van der Waals surface area contributed by atoms with Crippen molar-refractivity contribution in [3.63, 3.8) is 0 Å². The van der Waals surface area contributed by atoms with Crippen molar-refractivity contribution in [1.82, 2.24) is 15.2 Å². The van der Waals surface area contributed by atoms with Crippen LogP contribution in [0.4, 0.5) is 5.82 Å². The van der Waals surface area contributed by atoms with Crippen molar-refractivity contribution < 1.29 is 4.79 Å². The number of hydrogen-bond acceptors (Lipinski definition) is 5. The van der Waals surface area contributed by atoms with Gasteiger partial charge in [0.25, 0.3) is 5.91 Å².